The largest absolute Gasteiger partial charge is 0.396 e. The highest BCUT2D eigenvalue weighted by molar-refractivity contribution is 7.04. The molecular formula is C9H6ClFN2S. The van der Waals surface area contributed by atoms with E-state index < -0.39 is 0 Å². The minimum atomic E-state index is -0.368. The van der Waals surface area contributed by atoms with Crippen LogP contribution in [-0.2, 0) is 0 Å². The van der Waals surface area contributed by atoms with Gasteiger partial charge in [-0.05, 0) is 29.7 Å². The van der Waals surface area contributed by atoms with Gasteiger partial charge in [-0.3, -0.25) is 0 Å². The Labute approximate surface area is 89.3 Å². The van der Waals surface area contributed by atoms with E-state index in [-0.39, 0.29) is 5.82 Å². The van der Waals surface area contributed by atoms with E-state index in [4.69, 9.17) is 17.3 Å². The van der Waals surface area contributed by atoms with Crippen LogP contribution in [0.1, 0.15) is 0 Å². The molecular weight excluding hydrogens is 223 g/mol. The van der Waals surface area contributed by atoms with E-state index in [1.54, 1.807) is 11.4 Å². The van der Waals surface area contributed by atoms with E-state index >= 15 is 0 Å². The molecule has 0 bridgehead atoms. The van der Waals surface area contributed by atoms with Crippen molar-refractivity contribution >= 4 is 28.8 Å². The second-order valence-electron chi connectivity index (χ2n) is 2.74. The van der Waals surface area contributed by atoms with Crippen LogP contribution in [0, 0.1) is 5.82 Å². The molecule has 14 heavy (non-hydrogen) atoms. The Morgan fingerprint density at radius 1 is 1.43 bits per heavy atom. The maximum absolute atomic E-state index is 12.8. The summed E-state index contributed by atoms with van der Waals surface area (Å²) in [6.07, 6.45) is 0. The molecule has 2 N–H and O–H groups in total. The zero-order valence-corrected chi connectivity index (χ0v) is 8.57. The van der Waals surface area contributed by atoms with Gasteiger partial charge in [0.15, 0.2) is 0 Å². The van der Waals surface area contributed by atoms with Crippen molar-refractivity contribution in [3.05, 3.63) is 34.4 Å². The Morgan fingerprint density at radius 3 is 2.79 bits per heavy atom. The van der Waals surface area contributed by atoms with Crippen molar-refractivity contribution in [3.8, 4) is 11.3 Å². The van der Waals surface area contributed by atoms with E-state index in [1.165, 1.54) is 23.7 Å². The molecule has 72 valence electrons. The number of hydrogen-bond acceptors (Lipinski definition) is 3. The molecule has 0 spiro atoms. The molecule has 1 aromatic carbocycles. The molecule has 2 rings (SSSR count). The fourth-order valence-corrected chi connectivity index (χ4v) is 1.97. The van der Waals surface area contributed by atoms with Crippen LogP contribution in [0.5, 0.6) is 0 Å². The van der Waals surface area contributed by atoms with Crippen LogP contribution in [-0.4, -0.2) is 4.37 Å². The SMILES string of the molecule is Nc1csnc1-c1ccc(F)cc1Cl. The molecule has 0 atom stereocenters. The predicted molar refractivity (Wildman–Crippen MR) is 56.9 cm³/mol. The lowest BCUT2D eigenvalue weighted by Crippen LogP contribution is -1.88. The highest BCUT2D eigenvalue weighted by Gasteiger charge is 2.10. The van der Waals surface area contributed by atoms with E-state index in [0.29, 0.717) is 22.0 Å². The van der Waals surface area contributed by atoms with Crippen LogP contribution in [0.4, 0.5) is 10.1 Å². The van der Waals surface area contributed by atoms with Crippen LogP contribution in [0.25, 0.3) is 11.3 Å². The summed E-state index contributed by atoms with van der Waals surface area (Å²) in [6.45, 7) is 0. The minimum Gasteiger partial charge on any atom is -0.396 e. The summed E-state index contributed by atoms with van der Waals surface area (Å²) in [7, 11) is 0. The standard InChI is InChI=1S/C9H6ClFN2S/c10-7-3-5(11)1-2-6(7)9-8(12)4-14-13-9/h1-4H,12H2. The third kappa shape index (κ3) is 1.58. The molecule has 0 saturated heterocycles. The summed E-state index contributed by atoms with van der Waals surface area (Å²) in [5.74, 6) is -0.368. The summed E-state index contributed by atoms with van der Waals surface area (Å²) in [5, 5.41) is 2.04. The molecule has 1 heterocycles. The number of rotatable bonds is 1. The highest BCUT2D eigenvalue weighted by atomic mass is 35.5. The molecule has 0 aliphatic heterocycles. The smallest absolute Gasteiger partial charge is 0.124 e. The molecule has 0 amide bonds. The quantitative estimate of drug-likeness (QED) is 0.814. The lowest BCUT2D eigenvalue weighted by Gasteiger charge is -2.01. The number of anilines is 1. The van der Waals surface area contributed by atoms with Crippen molar-refractivity contribution in [1.29, 1.82) is 0 Å². The number of nitrogens with zero attached hydrogens (tertiary/aromatic N) is 1. The van der Waals surface area contributed by atoms with Gasteiger partial charge < -0.3 is 5.73 Å². The van der Waals surface area contributed by atoms with Crippen molar-refractivity contribution in [1.82, 2.24) is 4.37 Å². The Morgan fingerprint density at radius 2 is 2.21 bits per heavy atom. The topological polar surface area (TPSA) is 38.9 Å². The lowest BCUT2D eigenvalue weighted by atomic mass is 10.1. The van der Waals surface area contributed by atoms with Crippen molar-refractivity contribution in [2.75, 3.05) is 5.73 Å². The summed E-state index contributed by atoms with van der Waals surface area (Å²) < 4.78 is 16.8. The van der Waals surface area contributed by atoms with Crippen LogP contribution >= 0.6 is 23.1 Å². The van der Waals surface area contributed by atoms with Crippen LogP contribution in [0.2, 0.25) is 5.02 Å². The van der Waals surface area contributed by atoms with Gasteiger partial charge in [0.25, 0.3) is 0 Å². The van der Waals surface area contributed by atoms with Gasteiger partial charge in [-0.25, -0.2) is 4.39 Å². The maximum atomic E-state index is 12.8. The molecule has 0 aliphatic rings. The molecule has 1 aromatic heterocycles. The second kappa shape index (κ2) is 3.55. The third-order valence-electron chi connectivity index (χ3n) is 1.78. The highest BCUT2D eigenvalue weighted by Crippen LogP contribution is 2.32. The zero-order valence-electron chi connectivity index (χ0n) is 7.00. The molecule has 0 unspecified atom stereocenters. The van der Waals surface area contributed by atoms with Crippen LogP contribution < -0.4 is 5.73 Å². The second-order valence-corrected chi connectivity index (χ2v) is 3.78. The average Bonchev–Trinajstić information content (AvgIpc) is 2.52. The predicted octanol–water partition coefficient (Wildman–Crippen LogP) is 3.18. The van der Waals surface area contributed by atoms with Gasteiger partial charge in [0.1, 0.15) is 11.5 Å². The summed E-state index contributed by atoms with van der Waals surface area (Å²) in [5.41, 5.74) is 7.50. The fraction of sp³-hybridized carbons (Fsp3) is 0. The first kappa shape index (κ1) is 9.43. The Bertz CT molecular complexity index is 470. The fourth-order valence-electron chi connectivity index (χ4n) is 1.13. The molecule has 0 aliphatic carbocycles. The van der Waals surface area contributed by atoms with E-state index in [0.717, 1.165) is 0 Å². The van der Waals surface area contributed by atoms with Gasteiger partial charge in [0.2, 0.25) is 0 Å². The first-order valence-electron chi connectivity index (χ1n) is 3.84. The molecule has 0 fully saturated rings. The monoisotopic (exact) mass is 228 g/mol. The van der Waals surface area contributed by atoms with Gasteiger partial charge in [0.05, 0.1) is 10.7 Å². The van der Waals surface area contributed by atoms with Gasteiger partial charge >= 0.3 is 0 Å². The lowest BCUT2D eigenvalue weighted by molar-refractivity contribution is 0.628. The number of aromatic nitrogens is 1. The average molecular weight is 229 g/mol. The Balaban J connectivity index is 2.58. The van der Waals surface area contributed by atoms with E-state index in [9.17, 15) is 4.39 Å². The first-order valence-corrected chi connectivity index (χ1v) is 5.05. The zero-order chi connectivity index (χ0) is 10.1. The van der Waals surface area contributed by atoms with Crippen LogP contribution in [0.3, 0.4) is 0 Å². The van der Waals surface area contributed by atoms with Crippen molar-refractivity contribution in [2.45, 2.75) is 0 Å². The van der Waals surface area contributed by atoms with Gasteiger partial charge in [0, 0.05) is 10.9 Å². The molecule has 0 radical (unpaired) electrons. The summed E-state index contributed by atoms with van der Waals surface area (Å²) in [4.78, 5) is 0. The maximum Gasteiger partial charge on any atom is 0.124 e. The molecule has 5 heteroatoms. The van der Waals surface area contributed by atoms with E-state index in [2.05, 4.69) is 4.37 Å². The van der Waals surface area contributed by atoms with Crippen molar-refractivity contribution < 1.29 is 4.39 Å². The van der Waals surface area contributed by atoms with Crippen molar-refractivity contribution in [3.63, 3.8) is 0 Å². The number of nitrogens with two attached hydrogens (primary N) is 1. The third-order valence-corrected chi connectivity index (χ3v) is 2.74. The number of hydrogen-bond donors (Lipinski definition) is 1. The van der Waals surface area contributed by atoms with Gasteiger partial charge in [-0.1, -0.05) is 11.6 Å². The molecule has 2 aromatic rings. The van der Waals surface area contributed by atoms with Gasteiger partial charge in [-0.2, -0.15) is 4.37 Å². The first-order chi connectivity index (χ1) is 6.68. The summed E-state index contributed by atoms with van der Waals surface area (Å²) >= 11 is 7.11. The number of halogens is 2. The summed E-state index contributed by atoms with van der Waals surface area (Å²) in [6, 6.07) is 4.15. The van der Waals surface area contributed by atoms with Crippen molar-refractivity contribution in [2.24, 2.45) is 0 Å². The van der Waals surface area contributed by atoms with E-state index in [1.807, 2.05) is 0 Å². The van der Waals surface area contributed by atoms with Crippen LogP contribution in [0.15, 0.2) is 23.6 Å². The number of benzene rings is 1. The molecule has 2 nitrogen and oxygen atoms in total. The van der Waals surface area contributed by atoms with Gasteiger partial charge in [-0.15, -0.1) is 0 Å². The minimum absolute atomic E-state index is 0.322. The Kier molecular flexibility index (Phi) is 2.39. The molecule has 0 saturated carbocycles. The number of nitrogen functional groups attached to an aromatic ring is 1. The Hall–Kier alpha value is -1.13. The normalized spacial score (nSPS) is 10.4.